The molecule has 3 heteroatoms. The molecule has 0 atom stereocenters. The Balaban J connectivity index is 1.68. The molecule has 2 nitrogen and oxygen atoms in total. The first-order valence-corrected chi connectivity index (χ1v) is 11.4. The zero-order valence-electron chi connectivity index (χ0n) is 43.4. The number of rotatable bonds is 3. The van der Waals surface area contributed by atoms with Crippen molar-refractivity contribution < 1.29 is 37.6 Å². The van der Waals surface area contributed by atoms with Gasteiger partial charge in [0, 0.05) is 17.1 Å². The van der Waals surface area contributed by atoms with Crippen molar-refractivity contribution in [2.45, 2.75) is 0 Å². The van der Waals surface area contributed by atoms with Crippen LogP contribution in [0.25, 0.3) is 22.3 Å². The topological polar surface area (TPSA) is 12.5 Å². The van der Waals surface area contributed by atoms with Gasteiger partial charge in [0.1, 0.15) is 11.5 Å². The molecule has 2 aliphatic rings. The van der Waals surface area contributed by atoms with Crippen molar-refractivity contribution in [3.8, 4) is 33.8 Å². The molecule has 0 spiro atoms. The lowest BCUT2D eigenvalue weighted by Gasteiger charge is -2.40. The Kier molecular flexibility index (Phi) is 1.97. The second-order valence-electron chi connectivity index (χ2n) is 8.32. The summed E-state index contributed by atoms with van der Waals surface area (Å²) < 4.78 is 218. The summed E-state index contributed by atoms with van der Waals surface area (Å²) >= 11 is 0. The van der Waals surface area contributed by atoms with E-state index in [2.05, 4.69) is 0 Å². The summed E-state index contributed by atoms with van der Waals surface area (Å²) in [5, 5.41) is 0. The predicted molar refractivity (Wildman–Crippen MR) is 163 cm³/mol. The Morgan fingerprint density at radius 2 is 1.05 bits per heavy atom. The van der Waals surface area contributed by atoms with E-state index in [1.807, 2.05) is 0 Å². The molecule has 0 unspecified atom stereocenters. The van der Waals surface area contributed by atoms with E-state index < -0.39 is 219 Å². The molecular formula is C36H24BNO. The fraction of sp³-hybridized carbons (Fsp3) is 0. The molecule has 2 heterocycles. The third kappa shape index (κ3) is 3.51. The molecule has 0 fully saturated rings. The second kappa shape index (κ2) is 8.78. The van der Waals surface area contributed by atoms with Crippen molar-refractivity contribution in [3.63, 3.8) is 0 Å². The Hall–Kier alpha value is -5.02. The van der Waals surface area contributed by atoms with Crippen LogP contribution in [-0.2, 0) is 0 Å². The van der Waals surface area contributed by atoms with Gasteiger partial charge in [-0.2, -0.15) is 0 Å². The van der Waals surface area contributed by atoms with Crippen LogP contribution in [-0.4, -0.2) is 6.71 Å². The van der Waals surface area contributed by atoms with Gasteiger partial charge in [-0.3, -0.25) is 0 Å². The highest BCUT2D eigenvalue weighted by molar-refractivity contribution is 6.99. The third-order valence-corrected chi connectivity index (χ3v) is 6.21. The fourth-order valence-electron chi connectivity index (χ4n) is 4.65. The molecule has 39 heavy (non-hydrogen) atoms. The first-order valence-electron chi connectivity index (χ1n) is 23.4. The van der Waals surface area contributed by atoms with Crippen molar-refractivity contribution in [1.82, 2.24) is 0 Å². The van der Waals surface area contributed by atoms with Gasteiger partial charge in [0.25, 0.3) is 6.71 Å². The zero-order chi connectivity index (χ0) is 46.6. The molecule has 0 radical (unpaired) electrons. The summed E-state index contributed by atoms with van der Waals surface area (Å²) in [6, 6.07) is -22.1. The van der Waals surface area contributed by atoms with Gasteiger partial charge in [0.2, 0.25) is 0 Å². The predicted octanol–water partition coefficient (Wildman–Crippen LogP) is 7.43. The lowest BCUT2D eigenvalue weighted by Crippen LogP contribution is -2.59. The minimum absolute atomic E-state index is 0.404. The van der Waals surface area contributed by atoms with Gasteiger partial charge in [-0.25, -0.2) is 0 Å². The van der Waals surface area contributed by atoms with Crippen LogP contribution in [0.4, 0.5) is 17.1 Å². The van der Waals surface area contributed by atoms with Crippen molar-refractivity contribution in [2.24, 2.45) is 0 Å². The molecule has 0 bridgehead atoms. The monoisotopic (exact) mass is 521 g/mol. The Morgan fingerprint density at radius 3 is 1.77 bits per heavy atom. The molecule has 2 aliphatic heterocycles. The van der Waals surface area contributed by atoms with E-state index in [0.717, 1.165) is 0 Å². The van der Waals surface area contributed by atoms with Gasteiger partial charge in [-0.15, -0.1) is 0 Å². The normalized spacial score (nSPS) is 21.3. The fourth-order valence-corrected chi connectivity index (χ4v) is 4.65. The Morgan fingerprint density at radius 1 is 0.487 bits per heavy atom. The van der Waals surface area contributed by atoms with Crippen LogP contribution in [0.3, 0.4) is 0 Å². The summed E-state index contributed by atoms with van der Waals surface area (Å²) in [6.45, 7) is -1.73. The number of nitrogens with zero attached hydrogens (tertiary/aromatic N) is 1. The van der Waals surface area contributed by atoms with Crippen molar-refractivity contribution in [3.05, 3.63) is 145 Å². The minimum atomic E-state index is -1.73. The van der Waals surface area contributed by atoms with Gasteiger partial charge in [-0.1, -0.05) is 103 Å². The first kappa shape index (κ1) is 8.76. The Labute approximate surface area is 262 Å². The van der Waals surface area contributed by atoms with E-state index in [1.54, 1.807) is 0 Å². The maximum atomic E-state index is 9.75. The number of ether oxygens (including phenoxy) is 1. The number of anilines is 3. The molecular weight excluding hydrogens is 473 g/mol. The molecule has 8 rings (SSSR count). The van der Waals surface area contributed by atoms with E-state index in [9.17, 15) is 8.22 Å². The highest BCUT2D eigenvalue weighted by Crippen LogP contribution is 2.42. The van der Waals surface area contributed by atoms with Crippen LogP contribution in [0.1, 0.15) is 32.9 Å². The third-order valence-electron chi connectivity index (χ3n) is 6.21. The SMILES string of the molecule is [2H]c1c([2H])c([2H])c(-c2c([2H])c(-c3c([2H])c([2H])c([2H])c([2H])c3[2H])c([2H])c(N3c4c([2H])c([2H])c([2H])c([2H])c4B4c5c([2H])c([2H])c([2H])c([2H])c5Oc5c([2H])c([2H])c([2H])c3c54)c2[2H])c([2H])c1[2H]. The quantitative estimate of drug-likeness (QED) is 0.224. The number of hydrogen-bond acceptors (Lipinski definition) is 2. The van der Waals surface area contributed by atoms with Crippen LogP contribution >= 0.6 is 0 Å². The average Bonchev–Trinajstić information content (AvgIpc) is 3.25. The van der Waals surface area contributed by atoms with E-state index in [-0.39, 0.29) is 0 Å². The van der Waals surface area contributed by atoms with Crippen molar-refractivity contribution in [1.29, 1.82) is 0 Å². The smallest absolute Gasteiger partial charge is 0.256 e. The van der Waals surface area contributed by atoms with E-state index in [0.29, 0.717) is 4.90 Å². The van der Waals surface area contributed by atoms with Gasteiger partial charge in [0.15, 0.2) is 0 Å². The molecule has 0 aliphatic carbocycles. The minimum Gasteiger partial charge on any atom is -0.458 e. The molecule has 6 aromatic rings. The largest absolute Gasteiger partial charge is 0.458 e. The number of para-hydroxylation sites is 2. The summed E-state index contributed by atoms with van der Waals surface area (Å²) in [5.74, 6) is -1.20. The van der Waals surface area contributed by atoms with Crippen LogP contribution in [0.2, 0.25) is 0 Å². The number of hydrogen-bond donors (Lipinski definition) is 0. The van der Waals surface area contributed by atoms with Gasteiger partial charge < -0.3 is 9.64 Å². The van der Waals surface area contributed by atoms with Crippen molar-refractivity contribution >= 4 is 40.2 Å². The molecule has 0 saturated carbocycles. The van der Waals surface area contributed by atoms with Crippen LogP contribution in [0, 0.1) is 0 Å². The maximum Gasteiger partial charge on any atom is 0.256 e. The van der Waals surface area contributed by atoms with E-state index >= 15 is 0 Å². The Bertz CT molecular complexity index is 3000. The molecule has 0 N–H and O–H groups in total. The summed E-state index contributed by atoms with van der Waals surface area (Å²) in [5.41, 5.74) is -7.03. The molecule has 0 aromatic heterocycles. The van der Waals surface area contributed by atoms with Crippen molar-refractivity contribution in [2.75, 3.05) is 4.90 Å². The number of fused-ring (bicyclic) bond motifs is 4. The van der Waals surface area contributed by atoms with Crippen LogP contribution in [0.15, 0.2) is 145 Å². The summed E-state index contributed by atoms with van der Waals surface area (Å²) in [7, 11) is 0. The molecule has 6 aromatic carbocycles. The van der Waals surface area contributed by atoms with E-state index in [4.69, 9.17) is 29.4 Å². The van der Waals surface area contributed by atoms with Gasteiger partial charge >= 0.3 is 0 Å². The highest BCUT2D eigenvalue weighted by atomic mass is 16.5. The number of benzene rings is 6. The first-order chi connectivity index (χ1) is 29.3. The van der Waals surface area contributed by atoms with Gasteiger partial charge in [-0.05, 0) is 80.9 Å². The lowest BCUT2D eigenvalue weighted by molar-refractivity contribution is 0.487. The van der Waals surface area contributed by atoms with Crippen LogP contribution in [0.5, 0.6) is 11.5 Å². The van der Waals surface area contributed by atoms with Gasteiger partial charge in [0.05, 0.1) is 32.9 Å². The summed E-state index contributed by atoms with van der Waals surface area (Å²) in [4.78, 5) is 0.712. The molecule has 0 saturated heterocycles. The zero-order valence-corrected chi connectivity index (χ0v) is 19.4. The highest BCUT2D eigenvalue weighted by Gasteiger charge is 2.41. The van der Waals surface area contributed by atoms with E-state index in [1.165, 1.54) is 0 Å². The second-order valence-corrected chi connectivity index (χ2v) is 8.32. The average molecular weight is 522 g/mol. The van der Waals surface area contributed by atoms with Crippen LogP contribution < -0.4 is 26.0 Å². The standard InChI is InChI=1S/C36H24BNO/c1-3-12-25(13-4-1)27-22-28(26-14-5-2-6-15-26)24-29(23-27)38-32-18-9-7-16-30(32)37-31-17-8-10-20-34(31)39-35-21-11-19-33(38)36(35)37/h1-24H/i1D,2D,3D,4D,5D,6D,7D,8D,9D,10D,11D,12D,13D,14D,15D,16D,17D,18D,19D,20D,21D,22D,23D,24D. The molecule has 182 valence electrons. The summed E-state index contributed by atoms with van der Waals surface area (Å²) in [6.07, 6.45) is 0. The lowest BCUT2D eigenvalue weighted by atomic mass is 9.34. The molecule has 0 amide bonds. The maximum absolute atomic E-state index is 9.75.